The van der Waals surface area contributed by atoms with E-state index < -0.39 is 0 Å². The molecule has 1 N–H and O–H groups in total. The van der Waals surface area contributed by atoms with Gasteiger partial charge >= 0.3 is 0 Å². The van der Waals surface area contributed by atoms with E-state index in [0.717, 1.165) is 34.0 Å². The molecule has 0 aliphatic heterocycles. The highest BCUT2D eigenvalue weighted by Gasteiger charge is 2.14. The van der Waals surface area contributed by atoms with Gasteiger partial charge in [-0.15, -0.1) is 0 Å². The van der Waals surface area contributed by atoms with Crippen molar-refractivity contribution in [1.29, 1.82) is 0 Å². The highest BCUT2D eigenvalue weighted by molar-refractivity contribution is 9.11. The van der Waals surface area contributed by atoms with E-state index in [2.05, 4.69) is 80.3 Å². The second-order valence-corrected chi connectivity index (χ2v) is 7.01. The zero-order valence-corrected chi connectivity index (χ0v) is 15.5. The summed E-state index contributed by atoms with van der Waals surface area (Å²) in [6, 6.07) is 10.8. The van der Waals surface area contributed by atoms with Gasteiger partial charge in [0, 0.05) is 33.3 Å². The Balaban J connectivity index is 2.27. The van der Waals surface area contributed by atoms with Gasteiger partial charge in [-0.3, -0.25) is 4.98 Å². The van der Waals surface area contributed by atoms with Gasteiger partial charge in [-0.05, 0) is 55.3 Å². The van der Waals surface area contributed by atoms with Crippen molar-refractivity contribution in [3.8, 4) is 0 Å². The lowest BCUT2D eigenvalue weighted by Gasteiger charge is -2.20. The van der Waals surface area contributed by atoms with Gasteiger partial charge in [0.05, 0.1) is 0 Å². The van der Waals surface area contributed by atoms with E-state index in [1.54, 1.807) is 0 Å². The van der Waals surface area contributed by atoms with Crippen LogP contribution in [0.2, 0.25) is 0 Å². The van der Waals surface area contributed by atoms with Crippen LogP contribution in [0.15, 0.2) is 45.5 Å². The van der Waals surface area contributed by atoms with Gasteiger partial charge < -0.3 is 5.32 Å². The Bertz CT molecular complexity index is 579. The number of benzene rings is 1. The molecule has 0 radical (unpaired) electrons. The Labute approximate surface area is 143 Å². The van der Waals surface area contributed by atoms with Crippen LogP contribution in [0, 0.1) is 6.92 Å². The highest BCUT2D eigenvalue weighted by atomic mass is 79.9. The van der Waals surface area contributed by atoms with Gasteiger partial charge in [0.1, 0.15) is 0 Å². The van der Waals surface area contributed by atoms with Crippen LogP contribution in [0.4, 0.5) is 0 Å². The maximum Gasteiger partial charge on any atom is 0.0451 e. The molecule has 2 aromatic rings. The number of nitrogens with zero attached hydrogens (tertiary/aromatic N) is 1. The molecule has 112 valence electrons. The van der Waals surface area contributed by atoms with Gasteiger partial charge in [-0.2, -0.15) is 0 Å². The molecule has 21 heavy (non-hydrogen) atoms. The molecule has 0 fully saturated rings. The first kappa shape index (κ1) is 16.7. The third-order valence-electron chi connectivity index (χ3n) is 3.44. The molecule has 0 aliphatic carbocycles. The molecule has 0 amide bonds. The van der Waals surface area contributed by atoms with E-state index in [1.165, 1.54) is 11.1 Å². The summed E-state index contributed by atoms with van der Waals surface area (Å²) in [5.74, 6) is 0. The van der Waals surface area contributed by atoms with Crippen molar-refractivity contribution >= 4 is 31.9 Å². The maximum absolute atomic E-state index is 4.53. The van der Waals surface area contributed by atoms with Crippen LogP contribution in [-0.2, 0) is 6.42 Å². The van der Waals surface area contributed by atoms with Crippen LogP contribution in [0.25, 0.3) is 0 Å². The molecule has 2 nitrogen and oxygen atoms in total. The fourth-order valence-corrected chi connectivity index (χ4v) is 3.66. The zero-order valence-electron chi connectivity index (χ0n) is 12.4. The first-order chi connectivity index (χ1) is 10.1. The second-order valence-electron chi connectivity index (χ2n) is 5.18. The summed E-state index contributed by atoms with van der Waals surface area (Å²) >= 11 is 7.15. The molecule has 0 saturated heterocycles. The van der Waals surface area contributed by atoms with Crippen LogP contribution in [0.5, 0.6) is 0 Å². The molecular formula is C17H20Br2N2. The first-order valence-electron chi connectivity index (χ1n) is 7.20. The van der Waals surface area contributed by atoms with Gasteiger partial charge in [-0.25, -0.2) is 0 Å². The maximum atomic E-state index is 4.53. The molecule has 1 heterocycles. The van der Waals surface area contributed by atoms with Crippen LogP contribution in [0.1, 0.15) is 36.2 Å². The third-order valence-corrected chi connectivity index (χ3v) is 4.36. The first-order valence-corrected chi connectivity index (χ1v) is 8.78. The standard InChI is InChI=1S/C17H20Br2N2/c1-3-6-20-17(11-16-12(2)5-4-7-21-16)13-8-14(18)10-15(19)9-13/h4-5,7-10,17,20H,3,6,11H2,1-2H3. The van der Waals surface area contributed by atoms with Gasteiger partial charge in [0.2, 0.25) is 0 Å². The van der Waals surface area contributed by atoms with Crippen LogP contribution in [-0.4, -0.2) is 11.5 Å². The molecule has 1 aromatic heterocycles. The summed E-state index contributed by atoms with van der Waals surface area (Å²) in [5, 5.41) is 3.63. The second kappa shape index (κ2) is 8.06. The summed E-state index contributed by atoms with van der Waals surface area (Å²) in [6.45, 7) is 5.31. The summed E-state index contributed by atoms with van der Waals surface area (Å²) < 4.78 is 2.18. The molecule has 0 spiro atoms. The number of nitrogens with one attached hydrogen (secondary N) is 1. The van der Waals surface area contributed by atoms with E-state index in [9.17, 15) is 0 Å². The van der Waals surface area contributed by atoms with Gasteiger partial charge in [-0.1, -0.05) is 44.8 Å². The van der Waals surface area contributed by atoms with Gasteiger partial charge in [0.15, 0.2) is 0 Å². The highest BCUT2D eigenvalue weighted by Crippen LogP contribution is 2.26. The molecule has 1 aromatic carbocycles. The van der Waals surface area contributed by atoms with Crippen LogP contribution < -0.4 is 5.32 Å². The van der Waals surface area contributed by atoms with Crippen molar-refractivity contribution in [2.24, 2.45) is 0 Å². The lowest BCUT2D eigenvalue weighted by atomic mass is 9.99. The lowest BCUT2D eigenvalue weighted by Crippen LogP contribution is -2.24. The summed E-state index contributed by atoms with van der Waals surface area (Å²) in [6.07, 6.45) is 3.89. The largest absolute Gasteiger partial charge is 0.310 e. The topological polar surface area (TPSA) is 24.9 Å². The van der Waals surface area contributed by atoms with E-state index in [1.807, 2.05) is 12.3 Å². The van der Waals surface area contributed by atoms with Crippen molar-refractivity contribution in [3.05, 3.63) is 62.3 Å². The Kier molecular flexibility index (Phi) is 6.40. The van der Waals surface area contributed by atoms with Crippen molar-refractivity contribution < 1.29 is 0 Å². The summed E-state index contributed by atoms with van der Waals surface area (Å²) in [5.41, 5.74) is 3.67. The minimum Gasteiger partial charge on any atom is -0.310 e. The lowest BCUT2D eigenvalue weighted by molar-refractivity contribution is 0.523. The van der Waals surface area contributed by atoms with E-state index in [-0.39, 0.29) is 6.04 Å². The van der Waals surface area contributed by atoms with Gasteiger partial charge in [0.25, 0.3) is 0 Å². The fraction of sp³-hybridized carbons (Fsp3) is 0.353. The van der Waals surface area contributed by atoms with Crippen molar-refractivity contribution in [2.75, 3.05) is 6.54 Å². The molecular weight excluding hydrogens is 392 g/mol. The number of pyridine rings is 1. The number of aryl methyl sites for hydroxylation is 1. The zero-order chi connectivity index (χ0) is 15.2. The molecule has 4 heteroatoms. The predicted molar refractivity (Wildman–Crippen MR) is 95.6 cm³/mol. The van der Waals surface area contributed by atoms with Crippen LogP contribution in [0.3, 0.4) is 0 Å². The molecule has 0 aliphatic rings. The van der Waals surface area contributed by atoms with E-state index in [0.29, 0.717) is 0 Å². The average Bonchev–Trinajstić information content (AvgIpc) is 2.44. The number of aromatic nitrogens is 1. The summed E-state index contributed by atoms with van der Waals surface area (Å²) in [4.78, 5) is 4.53. The Morgan fingerprint density at radius 1 is 1.19 bits per heavy atom. The molecule has 2 rings (SSSR count). The SMILES string of the molecule is CCCNC(Cc1ncccc1C)c1cc(Br)cc(Br)c1. The van der Waals surface area contributed by atoms with E-state index >= 15 is 0 Å². The third kappa shape index (κ3) is 4.90. The Morgan fingerprint density at radius 2 is 1.90 bits per heavy atom. The number of rotatable bonds is 6. The van der Waals surface area contributed by atoms with Crippen LogP contribution >= 0.6 is 31.9 Å². The minimum atomic E-state index is 0.271. The molecule has 0 bridgehead atoms. The Morgan fingerprint density at radius 3 is 2.52 bits per heavy atom. The normalized spacial score (nSPS) is 12.4. The van der Waals surface area contributed by atoms with E-state index in [4.69, 9.17) is 0 Å². The quantitative estimate of drug-likeness (QED) is 0.706. The number of hydrogen-bond acceptors (Lipinski definition) is 2. The molecule has 0 saturated carbocycles. The average molecular weight is 412 g/mol. The van der Waals surface area contributed by atoms with Crippen molar-refractivity contribution in [3.63, 3.8) is 0 Å². The molecule has 1 unspecified atom stereocenters. The minimum absolute atomic E-state index is 0.271. The fourth-order valence-electron chi connectivity index (χ4n) is 2.33. The Hall–Kier alpha value is -0.710. The monoisotopic (exact) mass is 410 g/mol. The predicted octanol–water partition coefficient (Wildman–Crippen LogP) is 5.20. The molecule has 1 atom stereocenters. The summed E-state index contributed by atoms with van der Waals surface area (Å²) in [7, 11) is 0. The number of hydrogen-bond donors (Lipinski definition) is 1. The smallest absolute Gasteiger partial charge is 0.0451 e. The van der Waals surface area contributed by atoms with Crippen molar-refractivity contribution in [1.82, 2.24) is 10.3 Å². The number of halogens is 2. The van der Waals surface area contributed by atoms with Crippen molar-refractivity contribution in [2.45, 2.75) is 32.7 Å².